The Labute approximate surface area is 111 Å². The van der Waals surface area contributed by atoms with Crippen molar-refractivity contribution in [2.75, 3.05) is 19.7 Å². The van der Waals surface area contributed by atoms with Gasteiger partial charge in [0.15, 0.2) is 0 Å². The lowest BCUT2D eigenvalue weighted by Crippen LogP contribution is -2.47. The zero-order valence-electron chi connectivity index (χ0n) is 11.0. The fourth-order valence-electron chi connectivity index (χ4n) is 2.08. The molecule has 19 heavy (non-hydrogen) atoms. The predicted octanol–water partition coefficient (Wildman–Crippen LogP) is -0.888. The van der Waals surface area contributed by atoms with Crippen molar-refractivity contribution in [3.8, 4) is 0 Å². The summed E-state index contributed by atoms with van der Waals surface area (Å²) >= 11 is 0. The summed E-state index contributed by atoms with van der Waals surface area (Å²) < 4.78 is 7.06. The van der Waals surface area contributed by atoms with Crippen molar-refractivity contribution in [2.24, 2.45) is 5.73 Å². The number of hydrogen-bond donors (Lipinski definition) is 3. The fraction of sp³-hybridized carbons (Fsp3) is 0.667. The first kappa shape index (κ1) is 14.0. The number of aromatic nitrogens is 2. The minimum Gasteiger partial charge on any atom is -0.385 e. The third-order valence-electron chi connectivity index (χ3n) is 3.47. The Hall–Kier alpha value is -1.44. The highest BCUT2D eigenvalue weighted by molar-refractivity contribution is 5.92. The molecule has 2 rings (SSSR count). The van der Waals surface area contributed by atoms with Gasteiger partial charge >= 0.3 is 0 Å². The number of ether oxygens (including phenoxy) is 1. The van der Waals surface area contributed by atoms with Crippen LogP contribution in [0.2, 0.25) is 0 Å². The molecule has 4 N–H and O–H groups in total. The van der Waals surface area contributed by atoms with E-state index in [1.165, 1.54) is 0 Å². The topological polar surface area (TPSA) is 102 Å². The van der Waals surface area contributed by atoms with Gasteiger partial charge in [0.2, 0.25) is 0 Å². The molecule has 106 valence electrons. The summed E-state index contributed by atoms with van der Waals surface area (Å²) in [7, 11) is 0. The SMILES string of the molecule is CC1OCCC1(O)CNC(=O)c1cn(CCN)cn1. The molecule has 1 aromatic heterocycles. The smallest absolute Gasteiger partial charge is 0.271 e. The molecule has 0 saturated carbocycles. The average molecular weight is 268 g/mol. The third kappa shape index (κ3) is 3.12. The summed E-state index contributed by atoms with van der Waals surface area (Å²) in [6.07, 6.45) is 3.46. The summed E-state index contributed by atoms with van der Waals surface area (Å²) in [6, 6.07) is 0. The van der Waals surface area contributed by atoms with Crippen molar-refractivity contribution >= 4 is 5.91 Å². The second-order valence-corrected chi connectivity index (χ2v) is 4.83. The lowest BCUT2D eigenvalue weighted by atomic mass is 9.97. The number of nitrogens with two attached hydrogens (primary N) is 1. The van der Waals surface area contributed by atoms with Gasteiger partial charge in [-0.15, -0.1) is 0 Å². The highest BCUT2D eigenvalue weighted by Gasteiger charge is 2.39. The molecule has 2 atom stereocenters. The van der Waals surface area contributed by atoms with Crippen LogP contribution in [-0.4, -0.2) is 52.0 Å². The van der Waals surface area contributed by atoms with Crippen LogP contribution in [0.5, 0.6) is 0 Å². The highest BCUT2D eigenvalue weighted by atomic mass is 16.5. The van der Waals surface area contributed by atoms with Gasteiger partial charge in [-0.3, -0.25) is 4.79 Å². The summed E-state index contributed by atoms with van der Waals surface area (Å²) in [5, 5.41) is 13.0. The van der Waals surface area contributed by atoms with Crippen LogP contribution >= 0.6 is 0 Å². The summed E-state index contributed by atoms with van der Waals surface area (Å²) in [4.78, 5) is 15.9. The lowest BCUT2D eigenvalue weighted by molar-refractivity contribution is -0.0252. The molecular weight excluding hydrogens is 248 g/mol. The molecule has 1 aliphatic rings. The van der Waals surface area contributed by atoms with Crippen LogP contribution < -0.4 is 11.1 Å². The number of imidazole rings is 1. The number of nitrogens with zero attached hydrogens (tertiary/aromatic N) is 2. The number of nitrogens with one attached hydrogen (secondary N) is 1. The Bertz CT molecular complexity index is 448. The first-order valence-corrected chi connectivity index (χ1v) is 6.39. The molecule has 7 nitrogen and oxygen atoms in total. The quantitative estimate of drug-likeness (QED) is 0.643. The van der Waals surface area contributed by atoms with Gasteiger partial charge in [0.05, 0.1) is 12.4 Å². The third-order valence-corrected chi connectivity index (χ3v) is 3.47. The van der Waals surface area contributed by atoms with E-state index in [2.05, 4.69) is 10.3 Å². The second-order valence-electron chi connectivity index (χ2n) is 4.83. The van der Waals surface area contributed by atoms with Crippen LogP contribution in [0.1, 0.15) is 23.8 Å². The first-order chi connectivity index (χ1) is 9.05. The van der Waals surface area contributed by atoms with Crippen LogP contribution in [0.3, 0.4) is 0 Å². The molecule has 7 heteroatoms. The van der Waals surface area contributed by atoms with Gasteiger partial charge in [-0.1, -0.05) is 0 Å². The molecule has 0 bridgehead atoms. The highest BCUT2D eigenvalue weighted by Crippen LogP contribution is 2.24. The predicted molar refractivity (Wildman–Crippen MR) is 68.6 cm³/mol. The Balaban J connectivity index is 1.90. The van der Waals surface area contributed by atoms with Crippen molar-refractivity contribution in [3.63, 3.8) is 0 Å². The minimum atomic E-state index is -0.991. The molecule has 2 unspecified atom stereocenters. The van der Waals surface area contributed by atoms with Crippen molar-refractivity contribution in [1.29, 1.82) is 0 Å². The zero-order chi connectivity index (χ0) is 13.9. The van der Waals surface area contributed by atoms with Gasteiger partial charge in [0.25, 0.3) is 5.91 Å². The van der Waals surface area contributed by atoms with E-state index in [-0.39, 0.29) is 18.6 Å². The van der Waals surface area contributed by atoms with Gasteiger partial charge in [-0.05, 0) is 6.92 Å². The number of carbonyl (C=O) groups excluding carboxylic acids is 1. The number of aliphatic hydroxyl groups is 1. The van der Waals surface area contributed by atoms with Gasteiger partial charge in [-0.25, -0.2) is 4.98 Å². The van der Waals surface area contributed by atoms with Crippen LogP contribution in [-0.2, 0) is 11.3 Å². The number of rotatable bonds is 5. The molecule has 0 aromatic carbocycles. The van der Waals surface area contributed by atoms with E-state index in [1.807, 2.05) is 0 Å². The molecule has 2 heterocycles. The Morgan fingerprint density at radius 2 is 2.58 bits per heavy atom. The van der Waals surface area contributed by atoms with Crippen LogP contribution in [0.4, 0.5) is 0 Å². The van der Waals surface area contributed by atoms with Crippen LogP contribution in [0.15, 0.2) is 12.5 Å². The monoisotopic (exact) mass is 268 g/mol. The zero-order valence-corrected chi connectivity index (χ0v) is 11.0. The minimum absolute atomic E-state index is 0.163. The Morgan fingerprint density at radius 1 is 1.79 bits per heavy atom. The van der Waals surface area contributed by atoms with Crippen molar-refractivity contribution in [2.45, 2.75) is 31.6 Å². The largest absolute Gasteiger partial charge is 0.385 e. The normalized spacial score (nSPS) is 26.6. The molecule has 1 aromatic rings. The summed E-state index contributed by atoms with van der Waals surface area (Å²) in [5.41, 5.74) is 4.76. The van der Waals surface area contributed by atoms with Gasteiger partial charge in [0.1, 0.15) is 11.3 Å². The van der Waals surface area contributed by atoms with Crippen molar-refractivity contribution in [3.05, 3.63) is 18.2 Å². The van der Waals surface area contributed by atoms with Gasteiger partial charge in [0, 0.05) is 38.9 Å². The first-order valence-electron chi connectivity index (χ1n) is 6.39. The maximum Gasteiger partial charge on any atom is 0.271 e. The molecule has 1 aliphatic heterocycles. The molecule has 0 spiro atoms. The Morgan fingerprint density at radius 3 is 3.21 bits per heavy atom. The average Bonchev–Trinajstić information content (AvgIpc) is 2.96. The summed E-state index contributed by atoms with van der Waals surface area (Å²) in [6.45, 7) is 3.59. The summed E-state index contributed by atoms with van der Waals surface area (Å²) in [5.74, 6) is -0.303. The maximum absolute atomic E-state index is 11.9. The molecule has 0 aliphatic carbocycles. The maximum atomic E-state index is 11.9. The van der Waals surface area contributed by atoms with Crippen LogP contribution in [0, 0.1) is 0 Å². The van der Waals surface area contributed by atoms with Crippen molar-refractivity contribution < 1.29 is 14.6 Å². The Kier molecular flexibility index (Phi) is 4.18. The van der Waals surface area contributed by atoms with E-state index in [4.69, 9.17) is 10.5 Å². The van der Waals surface area contributed by atoms with E-state index >= 15 is 0 Å². The number of amides is 1. The molecule has 1 saturated heterocycles. The van der Waals surface area contributed by atoms with E-state index in [0.717, 1.165) is 0 Å². The van der Waals surface area contributed by atoms with Crippen LogP contribution in [0.25, 0.3) is 0 Å². The van der Waals surface area contributed by atoms with Gasteiger partial charge in [-0.2, -0.15) is 0 Å². The molecule has 1 fully saturated rings. The molecule has 0 radical (unpaired) electrons. The number of hydrogen-bond acceptors (Lipinski definition) is 5. The van der Waals surface area contributed by atoms with E-state index < -0.39 is 5.60 Å². The number of carbonyl (C=O) groups is 1. The van der Waals surface area contributed by atoms with Gasteiger partial charge < -0.3 is 25.5 Å². The van der Waals surface area contributed by atoms with Crippen molar-refractivity contribution in [1.82, 2.24) is 14.9 Å². The van der Waals surface area contributed by atoms with E-state index in [1.54, 1.807) is 24.0 Å². The standard InChI is InChI=1S/C12H20N4O3/c1-9-12(18,2-5-19-9)7-14-11(17)10-6-16(4-3-13)8-15-10/h6,8-9,18H,2-5,7,13H2,1H3,(H,14,17). The second kappa shape index (κ2) is 5.68. The fourth-order valence-corrected chi connectivity index (χ4v) is 2.08. The molecular formula is C12H20N4O3. The van der Waals surface area contributed by atoms with E-state index in [9.17, 15) is 9.90 Å². The van der Waals surface area contributed by atoms with E-state index in [0.29, 0.717) is 31.8 Å². The molecule has 1 amide bonds. The lowest BCUT2D eigenvalue weighted by Gasteiger charge is -2.25.